The third-order valence-corrected chi connectivity index (χ3v) is 2.57. The zero-order chi connectivity index (χ0) is 14.5. The molecule has 0 spiro atoms. The third-order valence-electron chi connectivity index (χ3n) is 2.57. The molecule has 1 heterocycles. The van der Waals surface area contributed by atoms with Crippen molar-refractivity contribution in [3.05, 3.63) is 36.2 Å². The SMILES string of the molecule is COc1cc(C)cc(-c2ncn(/C=C\C(=O)NN)n2)c1. The number of hydrogen-bond acceptors (Lipinski definition) is 5. The van der Waals surface area contributed by atoms with Gasteiger partial charge in [0.1, 0.15) is 12.1 Å². The molecule has 0 atom stereocenters. The fourth-order valence-corrected chi connectivity index (χ4v) is 1.67. The largest absolute Gasteiger partial charge is 0.497 e. The van der Waals surface area contributed by atoms with Gasteiger partial charge in [0.2, 0.25) is 0 Å². The molecular formula is C13H15N5O2. The van der Waals surface area contributed by atoms with Crippen LogP contribution in [0.25, 0.3) is 17.6 Å². The first-order chi connectivity index (χ1) is 9.62. The van der Waals surface area contributed by atoms with Gasteiger partial charge in [0.15, 0.2) is 5.82 Å². The lowest BCUT2D eigenvalue weighted by atomic mass is 10.1. The van der Waals surface area contributed by atoms with E-state index in [1.807, 2.05) is 30.5 Å². The van der Waals surface area contributed by atoms with E-state index in [9.17, 15) is 4.79 Å². The van der Waals surface area contributed by atoms with Crippen LogP contribution in [0.3, 0.4) is 0 Å². The van der Waals surface area contributed by atoms with Gasteiger partial charge in [-0.2, -0.15) is 0 Å². The van der Waals surface area contributed by atoms with Crippen LogP contribution in [0.5, 0.6) is 5.75 Å². The molecule has 0 saturated carbocycles. The Bertz CT molecular complexity index is 648. The van der Waals surface area contributed by atoms with Gasteiger partial charge in [-0.05, 0) is 30.7 Å². The maximum atomic E-state index is 11.0. The van der Waals surface area contributed by atoms with E-state index >= 15 is 0 Å². The third kappa shape index (κ3) is 3.21. The minimum absolute atomic E-state index is 0.417. The Hall–Kier alpha value is -2.67. The Morgan fingerprint density at radius 1 is 1.45 bits per heavy atom. The molecule has 2 aromatic rings. The number of nitrogens with one attached hydrogen (secondary N) is 1. The van der Waals surface area contributed by atoms with Gasteiger partial charge in [-0.15, -0.1) is 5.10 Å². The Kier molecular flexibility index (Phi) is 4.11. The van der Waals surface area contributed by atoms with E-state index in [0.29, 0.717) is 5.82 Å². The molecule has 0 saturated heterocycles. The molecule has 7 nitrogen and oxygen atoms in total. The summed E-state index contributed by atoms with van der Waals surface area (Å²) in [5.41, 5.74) is 3.89. The number of benzene rings is 1. The number of nitrogens with zero attached hydrogens (tertiary/aromatic N) is 3. The second kappa shape index (κ2) is 5.98. The molecule has 0 bridgehead atoms. The highest BCUT2D eigenvalue weighted by molar-refractivity contribution is 5.89. The molecule has 0 aliphatic heterocycles. The van der Waals surface area contributed by atoms with Crippen LogP contribution in [0.2, 0.25) is 0 Å². The number of amides is 1. The highest BCUT2D eigenvalue weighted by atomic mass is 16.5. The number of carbonyl (C=O) groups excluding carboxylic acids is 1. The van der Waals surface area contributed by atoms with E-state index < -0.39 is 5.91 Å². The average molecular weight is 273 g/mol. The zero-order valence-corrected chi connectivity index (χ0v) is 11.2. The molecule has 0 fully saturated rings. The monoisotopic (exact) mass is 273 g/mol. The van der Waals surface area contributed by atoms with E-state index in [2.05, 4.69) is 10.1 Å². The van der Waals surface area contributed by atoms with Crippen molar-refractivity contribution in [2.24, 2.45) is 5.84 Å². The first-order valence-electron chi connectivity index (χ1n) is 5.88. The standard InChI is InChI=1S/C13H15N5O2/c1-9-5-10(7-11(6-9)20-2)13-15-8-18(17-13)4-3-12(19)16-14/h3-8H,14H2,1-2H3,(H,16,19)/b4-3-. The topological polar surface area (TPSA) is 95.1 Å². The molecule has 3 N–H and O–H groups in total. The minimum atomic E-state index is -0.417. The number of hydrogen-bond donors (Lipinski definition) is 2. The maximum absolute atomic E-state index is 11.0. The smallest absolute Gasteiger partial charge is 0.259 e. The highest BCUT2D eigenvalue weighted by Gasteiger charge is 2.06. The zero-order valence-electron chi connectivity index (χ0n) is 11.2. The second-order valence-corrected chi connectivity index (χ2v) is 4.11. The lowest BCUT2D eigenvalue weighted by molar-refractivity contribution is -0.116. The molecule has 1 aromatic heterocycles. The number of hydrazine groups is 1. The lowest BCUT2D eigenvalue weighted by Gasteiger charge is -2.03. The number of aromatic nitrogens is 3. The summed E-state index contributed by atoms with van der Waals surface area (Å²) < 4.78 is 6.64. The van der Waals surface area contributed by atoms with E-state index in [1.54, 1.807) is 7.11 Å². The van der Waals surface area contributed by atoms with Crippen molar-refractivity contribution in [3.63, 3.8) is 0 Å². The maximum Gasteiger partial charge on any atom is 0.259 e. The lowest BCUT2D eigenvalue weighted by Crippen LogP contribution is -2.28. The number of carbonyl (C=O) groups is 1. The normalized spacial score (nSPS) is 10.8. The summed E-state index contributed by atoms with van der Waals surface area (Å²) in [5, 5.41) is 4.25. The van der Waals surface area contributed by atoms with Crippen molar-refractivity contribution in [1.82, 2.24) is 20.2 Å². The van der Waals surface area contributed by atoms with Gasteiger partial charge in [0.25, 0.3) is 5.91 Å². The average Bonchev–Trinajstić information content (AvgIpc) is 2.92. The van der Waals surface area contributed by atoms with Crippen molar-refractivity contribution in [2.45, 2.75) is 6.92 Å². The molecule has 1 amide bonds. The van der Waals surface area contributed by atoms with Gasteiger partial charge in [-0.25, -0.2) is 15.5 Å². The van der Waals surface area contributed by atoms with Crippen molar-refractivity contribution in [1.29, 1.82) is 0 Å². The fourth-order valence-electron chi connectivity index (χ4n) is 1.67. The molecular weight excluding hydrogens is 258 g/mol. The Balaban J connectivity index is 2.26. The summed E-state index contributed by atoms with van der Waals surface area (Å²) in [6.07, 6.45) is 4.23. The second-order valence-electron chi connectivity index (χ2n) is 4.11. The first kappa shape index (κ1) is 13.8. The van der Waals surface area contributed by atoms with Gasteiger partial charge < -0.3 is 4.74 Å². The predicted octanol–water partition coefficient (Wildman–Crippen LogP) is 0.723. The molecule has 104 valence electrons. The van der Waals surface area contributed by atoms with Crippen molar-refractivity contribution in [2.75, 3.05) is 7.11 Å². The Morgan fingerprint density at radius 2 is 2.25 bits per heavy atom. The van der Waals surface area contributed by atoms with Gasteiger partial charge >= 0.3 is 0 Å². The molecule has 0 radical (unpaired) electrons. The first-order valence-corrected chi connectivity index (χ1v) is 5.88. The molecule has 0 unspecified atom stereocenters. The summed E-state index contributed by atoms with van der Waals surface area (Å²) in [5.74, 6) is 5.84. The Morgan fingerprint density at radius 3 is 2.95 bits per heavy atom. The van der Waals surface area contributed by atoms with Crippen LogP contribution in [-0.4, -0.2) is 27.8 Å². The Labute approximate surface area is 116 Å². The van der Waals surface area contributed by atoms with E-state index in [-0.39, 0.29) is 0 Å². The summed E-state index contributed by atoms with van der Waals surface area (Å²) >= 11 is 0. The van der Waals surface area contributed by atoms with Crippen LogP contribution >= 0.6 is 0 Å². The van der Waals surface area contributed by atoms with Crippen LogP contribution in [-0.2, 0) is 4.79 Å². The highest BCUT2D eigenvalue weighted by Crippen LogP contribution is 2.23. The molecule has 2 rings (SSSR count). The van der Waals surface area contributed by atoms with Gasteiger partial charge in [0, 0.05) is 17.8 Å². The number of aryl methyl sites for hydroxylation is 1. The van der Waals surface area contributed by atoms with Crippen LogP contribution in [0.15, 0.2) is 30.6 Å². The molecule has 0 aliphatic rings. The quantitative estimate of drug-likeness (QED) is 0.370. The van der Waals surface area contributed by atoms with Crippen LogP contribution in [0, 0.1) is 6.92 Å². The van der Waals surface area contributed by atoms with Gasteiger partial charge in [-0.1, -0.05) is 0 Å². The van der Waals surface area contributed by atoms with Crippen molar-refractivity contribution >= 4 is 12.1 Å². The van der Waals surface area contributed by atoms with Gasteiger partial charge in [-0.3, -0.25) is 10.2 Å². The summed E-state index contributed by atoms with van der Waals surface area (Å²) in [4.78, 5) is 15.2. The predicted molar refractivity (Wildman–Crippen MR) is 74.4 cm³/mol. The van der Waals surface area contributed by atoms with Crippen LogP contribution < -0.4 is 16.0 Å². The van der Waals surface area contributed by atoms with Crippen LogP contribution in [0.4, 0.5) is 0 Å². The number of ether oxygens (including phenoxy) is 1. The number of nitrogens with two attached hydrogens (primary N) is 1. The summed E-state index contributed by atoms with van der Waals surface area (Å²) in [6, 6.07) is 5.73. The van der Waals surface area contributed by atoms with E-state index in [4.69, 9.17) is 10.6 Å². The molecule has 0 aliphatic carbocycles. The fraction of sp³-hybridized carbons (Fsp3) is 0.154. The van der Waals surface area contributed by atoms with Crippen LogP contribution in [0.1, 0.15) is 5.56 Å². The molecule has 1 aromatic carbocycles. The van der Waals surface area contributed by atoms with Crippen molar-refractivity contribution < 1.29 is 9.53 Å². The van der Waals surface area contributed by atoms with Gasteiger partial charge in [0.05, 0.1) is 7.11 Å². The van der Waals surface area contributed by atoms with Crippen molar-refractivity contribution in [3.8, 4) is 17.1 Å². The molecule has 20 heavy (non-hydrogen) atoms. The number of rotatable bonds is 4. The van der Waals surface area contributed by atoms with E-state index in [0.717, 1.165) is 16.9 Å². The number of methoxy groups -OCH3 is 1. The molecule has 7 heteroatoms. The summed E-state index contributed by atoms with van der Waals surface area (Å²) in [6.45, 7) is 1.97. The van der Waals surface area contributed by atoms with E-state index in [1.165, 1.54) is 23.3 Å². The minimum Gasteiger partial charge on any atom is -0.497 e. The summed E-state index contributed by atoms with van der Waals surface area (Å²) in [7, 11) is 1.61.